The largest absolute Gasteiger partial charge is 0.396 e. The van der Waals surface area contributed by atoms with Crippen molar-refractivity contribution in [3.63, 3.8) is 0 Å². The fourth-order valence-electron chi connectivity index (χ4n) is 3.59. The third-order valence-corrected chi connectivity index (χ3v) is 5.27. The van der Waals surface area contributed by atoms with E-state index in [4.69, 9.17) is 10.7 Å². The summed E-state index contributed by atoms with van der Waals surface area (Å²) >= 11 is 0. The number of hydrogen-bond acceptors (Lipinski definition) is 4. The van der Waals surface area contributed by atoms with Crippen LogP contribution in [0.25, 0.3) is 0 Å². The second-order valence-corrected chi connectivity index (χ2v) is 7.54. The van der Waals surface area contributed by atoms with E-state index in [9.17, 15) is 9.90 Å². The van der Waals surface area contributed by atoms with Crippen LogP contribution in [-0.4, -0.2) is 67.7 Å². The monoisotopic (exact) mass is 383 g/mol. The molecule has 27 heavy (non-hydrogen) atoms. The molecule has 7 heteroatoms. The Morgan fingerprint density at radius 1 is 1.22 bits per heavy atom. The summed E-state index contributed by atoms with van der Waals surface area (Å²) in [5.41, 5.74) is 5.39. The third kappa shape index (κ3) is 10.5. The van der Waals surface area contributed by atoms with E-state index in [1.54, 1.807) is 0 Å². The molecule has 1 heterocycles. The van der Waals surface area contributed by atoms with Gasteiger partial charge >= 0.3 is 0 Å². The van der Waals surface area contributed by atoms with E-state index in [-0.39, 0.29) is 18.4 Å². The van der Waals surface area contributed by atoms with Gasteiger partial charge in [-0.05, 0) is 71.0 Å². The molecule has 1 rings (SSSR count). The number of piperidine rings is 1. The molecule has 0 saturated carbocycles. The van der Waals surface area contributed by atoms with Crippen molar-refractivity contribution in [2.75, 3.05) is 45.9 Å². The number of guanidine groups is 1. The molecular formula is C20H41N5O2. The van der Waals surface area contributed by atoms with Gasteiger partial charge in [0.2, 0.25) is 5.91 Å². The number of nitrogens with two attached hydrogens (primary N) is 1. The number of amides is 1. The maximum Gasteiger partial charge on any atom is 0.220 e. The highest BCUT2D eigenvalue weighted by atomic mass is 16.3. The van der Waals surface area contributed by atoms with Gasteiger partial charge < -0.3 is 26.4 Å². The fourth-order valence-corrected chi connectivity index (χ4v) is 3.59. The van der Waals surface area contributed by atoms with Crippen molar-refractivity contribution < 1.29 is 9.90 Å². The molecule has 0 spiro atoms. The summed E-state index contributed by atoms with van der Waals surface area (Å²) in [5, 5.41) is 15.9. The molecule has 0 aromatic carbocycles. The minimum Gasteiger partial charge on any atom is -0.396 e. The third-order valence-electron chi connectivity index (χ3n) is 5.27. The first-order chi connectivity index (χ1) is 13.1. The highest BCUT2D eigenvalue weighted by molar-refractivity contribution is 5.79. The summed E-state index contributed by atoms with van der Waals surface area (Å²) in [4.78, 5) is 18.3. The molecule has 158 valence electrons. The van der Waals surface area contributed by atoms with Crippen LogP contribution >= 0.6 is 0 Å². The average molecular weight is 384 g/mol. The highest BCUT2D eigenvalue weighted by Gasteiger charge is 2.22. The molecule has 1 aliphatic rings. The quantitative estimate of drug-likeness (QED) is 0.218. The molecule has 1 amide bonds. The summed E-state index contributed by atoms with van der Waals surface area (Å²) in [5.74, 6) is 1.26. The molecule has 0 bridgehead atoms. The Labute approximate surface area is 165 Å². The molecule has 0 aromatic heterocycles. The Kier molecular flexibility index (Phi) is 12.9. The first-order valence-corrected chi connectivity index (χ1v) is 10.7. The van der Waals surface area contributed by atoms with E-state index >= 15 is 0 Å². The Morgan fingerprint density at radius 3 is 2.56 bits per heavy atom. The molecule has 1 saturated heterocycles. The second kappa shape index (κ2) is 14.7. The van der Waals surface area contributed by atoms with Gasteiger partial charge in [-0.3, -0.25) is 9.79 Å². The van der Waals surface area contributed by atoms with Crippen molar-refractivity contribution in [3.05, 3.63) is 0 Å². The Balaban J connectivity index is 2.22. The Hall–Kier alpha value is -1.34. The number of hydrogen-bond donors (Lipinski definition) is 4. The molecule has 1 atom stereocenters. The van der Waals surface area contributed by atoms with Crippen LogP contribution in [-0.2, 0) is 4.79 Å². The van der Waals surface area contributed by atoms with Gasteiger partial charge in [-0.25, -0.2) is 0 Å². The van der Waals surface area contributed by atoms with Crippen molar-refractivity contribution in [1.29, 1.82) is 0 Å². The number of likely N-dealkylation sites (tertiary alicyclic amines) is 1. The van der Waals surface area contributed by atoms with Crippen molar-refractivity contribution in [1.82, 2.24) is 15.5 Å². The summed E-state index contributed by atoms with van der Waals surface area (Å²) in [6.07, 6.45) is 7.08. The molecule has 7 nitrogen and oxygen atoms in total. The molecule has 1 fully saturated rings. The van der Waals surface area contributed by atoms with Crippen LogP contribution in [0.4, 0.5) is 0 Å². The lowest BCUT2D eigenvalue weighted by Gasteiger charge is -2.30. The van der Waals surface area contributed by atoms with Gasteiger partial charge in [0.15, 0.2) is 5.96 Å². The maximum atomic E-state index is 11.2. The van der Waals surface area contributed by atoms with Gasteiger partial charge in [0, 0.05) is 32.2 Å². The van der Waals surface area contributed by atoms with Gasteiger partial charge in [0.05, 0.1) is 0 Å². The summed E-state index contributed by atoms with van der Waals surface area (Å²) in [6, 6.07) is 0. The van der Waals surface area contributed by atoms with Crippen LogP contribution in [0.1, 0.15) is 58.8 Å². The highest BCUT2D eigenvalue weighted by Crippen LogP contribution is 2.16. The van der Waals surface area contributed by atoms with Gasteiger partial charge in [-0.15, -0.1) is 0 Å². The maximum absolute atomic E-state index is 11.2. The second-order valence-electron chi connectivity index (χ2n) is 7.54. The lowest BCUT2D eigenvalue weighted by molar-refractivity contribution is -0.123. The van der Waals surface area contributed by atoms with E-state index in [0.29, 0.717) is 5.92 Å². The van der Waals surface area contributed by atoms with Crippen LogP contribution in [0, 0.1) is 11.8 Å². The normalized spacial score (nSPS) is 17.7. The first kappa shape index (κ1) is 23.7. The molecular weight excluding hydrogens is 342 g/mol. The SMILES string of the molecule is CCCC(CCO)CN=C(NCC)NCCCCN1CCC(C(N)=O)CC1. The molecule has 0 aliphatic carbocycles. The van der Waals surface area contributed by atoms with E-state index < -0.39 is 0 Å². The molecule has 1 unspecified atom stereocenters. The number of primary amides is 1. The van der Waals surface area contributed by atoms with Crippen molar-refractivity contribution in [2.45, 2.75) is 58.8 Å². The number of nitrogens with zero attached hydrogens (tertiary/aromatic N) is 2. The van der Waals surface area contributed by atoms with Crippen LogP contribution in [0.2, 0.25) is 0 Å². The summed E-state index contributed by atoms with van der Waals surface area (Å²) in [7, 11) is 0. The van der Waals surface area contributed by atoms with Gasteiger partial charge in [0.25, 0.3) is 0 Å². The minimum atomic E-state index is -0.144. The van der Waals surface area contributed by atoms with Crippen molar-refractivity contribution >= 4 is 11.9 Å². The summed E-state index contributed by atoms with van der Waals surface area (Å²) < 4.78 is 0. The van der Waals surface area contributed by atoms with Gasteiger partial charge in [0.1, 0.15) is 0 Å². The van der Waals surface area contributed by atoms with Crippen LogP contribution < -0.4 is 16.4 Å². The number of aliphatic hydroxyl groups excluding tert-OH is 1. The zero-order chi connectivity index (χ0) is 19.9. The average Bonchev–Trinajstić information content (AvgIpc) is 2.66. The van der Waals surface area contributed by atoms with E-state index in [2.05, 4.69) is 29.4 Å². The topological polar surface area (TPSA) is 103 Å². The number of aliphatic hydroxyl groups is 1. The summed E-state index contributed by atoms with van der Waals surface area (Å²) in [6.45, 7) is 10.0. The van der Waals surface area contributed by atoms with E-state index in [0.717, 1.165) is 90.2 Å². The zero-order valence-corrected chi connectivity index (χ0v) is 17.4. The number of aliphatic imine (C=N–C) groups is 1. The predicted octanol–water partition coefficient (Wildman–Crippen LogP) is 1.32. The smallest absolute Gasteiger partial charge is 0.220 e. The number of rotatable bonds is 13. The van der Waals surface area contributed by atoms with Crippen LogP contribution in [0.3, 0.4) is 0 Å². The number of nitrogens with one attached hydrogen (secondary N) is 2. The van der Waals surface area contributed by atoms with Crippen molar-refractivity contribution in [2.24, 2.45) is 22.6 Å². The first-order valence-electron chi connectivity index (χ1n) is 10.7. The Bertz CT molecular complexity index is 417. The van der Waals surface area contributed by atoms with Gasteiger partial charge in [-0.1, -0.05) is 13.3 Å². The Morgan fingerprint density at radius 2 is 1.96 bits per heavy atom. The number of carbonyl (C=O) groups is 1. The van der Waals surface area contributed by atoms with Crippen LogP contribution in [0.15, 0.2) is 4.99 Å². The zero-order valence-electron chi connectivity index (χ0n) is 17.4. The van der Waals surface area contributed by atoms with E-state index in [1.165, 1.54) is 0 Å². The molecule has 1 aliphatic heterocycles. The number of carbonyl (C=O) groups excluding carboxylic acids is 1. The van der Waals surface area contributed by atoms with E-state index in [1.807, 2.05) is 0 Å². The fraction of sp³-hybridized carbons (Fsp3) is 0.900. The van der Waals surface area contributed by atoms with Gasteiger partial charge in [-0.2, -0.15) is 0 Å². The standard InChI is InChI=1S/C20H41N5O2/c1-3-7-17(10-15-26)16-24-20(22-4-2)23-11-5-6-12-25-13-8-18(9-14-25)19(21)27/h17-18,26H,3-16H2,1-2H3,(H2,21,27)(H2,22,23,24). The van der Waals surface area contributed by atoms with Crippen LogP contribution in [0.5, 0.6) is 0 Å². The minimum absolute atomic E-state index is 0.0733. The lowest BCUT2D eigenvalue weighted by atomic mass is 9.96. The predicted molar refractivity (Wildman–Crippen MR) is 112 cm³/mol. The lowest BCUT2D eigenvalue weighted by Crippen LogP contribution is -2.40. The molecule has 5 N–H and O–H groups in total. The van der Waals surface area contributed by atoms with Crippen molar-refractivity contribution in [3.8, 4) is 0 Å². The number of unbranched alkanes of at least 4 members (excludes halogenated alkanes) is 1. The molecule has 0 aromatic rings. The molecule has 0 radical (unpaired) electrons.